The maximum atomic E-state index is 11.9. The van der Waals surface area contributed by atoms with Crippen molar-refractivity contribution in [1.29, 1.82) is 0 Å². The third-order valence-electron chi connectivity index (χ3n) is 3.00. The van der Waals surface area contributed by atoms with Crippen molar-refractivity contribution in [2.75, 3.05) is 13.7 Å². The van der Waals surface area contributed by atoms with E-state index in [-0.39, 0.29) is 6.61 Å². The Bertz CT molecular complexity index is 593. The molecule has 0 aliphatic carbocycles. The molecule has 0 fully saturated rings. The first-order chi connectivity index (χ1) is 10.2. The lowest BCUT2D eigenvalue weighted by Gasteiger charge is -2.15. The summed E-state index contributed by atoms with van der Waals surface area (Å²) in [5, 5.41) is 0. The Balaban J connectivity index is 2.07. The van der Waals surface area contributed by atoms with E-state index in [0.717, 1.165) is 5.56 Å². The van der Waals surface area contributed by atoms with Crippen LogP contribution >= 0.6 is 0 Å². The molecule has 0 spiro atoms. The van der Waals surface area contributed by atoms with Crippen LogP contribution in [0.4, 0.5) is 0 Å². The minimum absolute atomic E-state index is 0.0712. The molecule has 1 radical (unpaired) electrons. The van der Waals surface area contributed by atoms with E-state index in [2.05, 4.69) is 6.07 Å². The number of ether oxygens (including phenoxy) is 2. The van der Waals surface area contributed by atoms with Gasteiger partial charge in [-0.05, 0) is 17.7 Å². The Morgan fingerprint density at radius 1 is 1.10 bits per heavy atom. The van der Waals surface area contributed by atoms with E-state index in [1.807, 2.05) is 18.2 Å². The van der Waals surface area contributed by atoms with Crippen LogP contribution in [-0.2, 0) is 14.3 Å². The van der Waals surface area contributed by atoms with E-state index in [9.17, 15) is 9.59 Å². The third kappa shape index (κ3) is 3.92. The molecule has 21 heavy (non-hydrogen) atoms. The highest BCUT2D eigenvalue weighted by atomic mass is 16.5. The number of hydrogen-bond acceptors (Lipinski definition) is 4. The lowest BCUT2D eigenvalue weighted by molar-refractivity contribution is -0.143. The molecule has 4 heteroatoms. The molecule has 0 saturated carbocycles. The van der Waals surface area contributed by atoms with Crippen LogP contribution in [0, 0.1) is 6.07 Å². The molecule has 2 aromatic rings. The number of carbonyl (C=O) groups is 2. The topological polar surface area (TPSA) is 52.6 Å². The average Bonchev–Trinajstić information content (AvgIpc) is 2.56. The van der Waals surface area contributed by atoms with Crippen LogP contribution in [0.3, 0.4) is 0 Å². The zero-order valence-corrected chi connectivity index (χ0v) is 11.6. The fourth-order valence-electron chi connectivity index (χ4n) is 1.89. The smallest absolute Gasteiger partial charge is 0.338 e. The normalized spacial score (nSPS) is 11.5. The van der Waals surface area contributed by atoms with Crippen molar-refractivity contribution in [3.63, 3.8) is 0 Å². The average molecular weight is 283 g/mol. The van der Waals surface area contributed by atoms with Crippen LogP contribution < -0.4 is 0 Å². The number of esters is 2. The van der Waals surface area contributed by atoms with Gasteiger partial charge < -0.3 is 9.47 Å². The number of rotatable bonds is 5. The second kappa shape index (κ2) is 7.24. The molecule has 0 N–H and O–H groups in total. The number of carbonyl (C=O) groups excluding carboxylic acids is 2. The van der Waals surface area contributed by atoms with Gasteiger partial charge in [0.2, 0.25) is 0 Å². The van der Waals surface area contributed by atoms with Gasteiger partial charge in [-0.1, -0.05) is 48.5 Å². The summed E-state index contributed by atoms with van der Waals surface area (Å²) in [6.45, 7) is -0.0712. The summed E-state index contributed by atoms with van der Waals surface area (Å²) in [5.74, 6) is -1.59. The van der Waals surface area contributed by atoms with E-state index in [1.54, 1.807) is 36.4 Å². The summed E-state index contributed by atoms with van der Waals surface area (Å²) in [7, 11) is 1.31. The second-order valence-electron chi connectivity index (χ2n) is 4.36. The lowest BCUT2D eigenvalue weighted by atomic mass is 10.0. The third-order valence-corrected chi connectivity index (χ3v) is 3.00. The number of benzene rings is 2. The minimum atomic E-state index is -0.635. The molecular formula is C17H15O4. The Morgan fingerprint density at radius 2 is 1.81 bits per heavy atom. The summed E-state index contributed by atoms with van der Waals surface area (Å²) in [6, 6.07) is 18.6. The Kier molecular flexibility index (Phi) is 5.10. The maximum absolute atomic E-state index is 11.9. The van der Waals surface area contributed by atoms with Gasteiger partial charge in [0.25, 0.3) is 0 Å². The van der Waals surface area contributed by atoms with Gasteiger partial charge >= 0.3 is 11.9 Å². The molecule has 1 atom stereocenters. The monoisotopic (exact) mass is 283 g/mol. The van der Waals surface area contributed by atoms with Gasteiger partial charge in [0.05, 0.1) is 12.7 Å². The molecule has 1 unspecified atom stereocenters. The van der Waals surface area contributed by atoms with Crippen molar-refractivity contribution in [2.45, 2.75) is 5.92 Å². The molecule has 2 rings (SSSR count). The molecule has 0 aliphatic heterocycles. The van der Waals surface area contributed by atoms with E-state index in [4.69, 9.17) is 9.47 Å². The molecule has 0 saturated heterocycles. The zero-order chi connectivity index (χ0) is 15.1. The summed E-state index contributed by atoms with van der Waals surface area (Å²) >= 11 is 0. The molecule has 2 aromatic carbocycles. The van der Waals surface area contributed by atoms with Gasteiger partial charge in [-0.15, -0.1) is 0 Å². The van der Waals surface area contributed by atoms with Gasteiger partial charge in [-0.25, -0.2) is 4.79 Å². The minimum Gasteiger partial charge on any atom is -0.468 e. The summed E-state index contributed by atoms with van der Waals surface area (Å²) in [6.07, 6.45) is 0. The van der Waals surface area contributed by atoms with E-state index in [1.165, 1.54) is 7.11 Å². The van der Waals surface area contributed by atoms with Gasteiger partial charge in [-0.3, -0.25) is 4.79 Å². The Morgan fingerprint density at radius 3 is 2.43 bits per heavy atom. The van der Waals surface area contributed by atoms with Crippen LogP contribution in [-0.4, -0.2) is 25.7 Å². The van der Waals surface area contributed by atoms with Crippen molar-refractivity contribution in [3.05, 3.63) is 71.8 Å². The largest absolute Gasteiger partial charge is 0.468 e. The van der Waals surface area contributed by atoms with E-state index >= 15 is 0 Å². The standard InChI is InChI=1S/C17H15O4/c1-20-17(19)15(13-8-4-2-5-9-13)12-21-16(18)14-10-6-3-7-11-14/h2-10,15H,12H2,1H3. The predicted octanol–water partition coefficient (Wildman–Crippen LogP) is 2.60. The maximum Gasteiger partial charge on any atom is 0.338 e. The van der Waals surface area contributed by atoms with Gasteiger partial charge in [0, 0.05) is 0 Å². The van der Waals surface area contributed by atoms with Crippen LogP contribution in [0.2, 0.25) is 0 Å². The first-order valence-electron chi connectivity index (χ1n) is 6.49. The molecular weight excluding hydrogens is 268 g/mol. The van der Waals surface area contributed by atoms with Crippen molar-refractivity contribution in [1.82, 2.24) is 0 Å². The van der Waals surface area contributed by atoms with Crippen molar-refractivity contribution in [3.8, 4) is 0 Å². The lowest BCUT2D eigenvalue weighted by Crippen LogP contribution is -2.21. The highest BCUT2D eigenvalue weighted by molar-refractivity contribution is 5.89. The second-order valence-corrected chi connectivity index (χ2v) is 4.36. The molecule has 0 amide bonds. The van der Waals surface area contributed by atoms with Gasteiger partial charge in [0.15, 0.2) is 0 Å². The quantitative estimate of drug-likeness (QED) is 0.791. The molecule has 4 nitrogen and oxygen atoms in total. The fourth-order valence-corrected chi connectivity index (χ4v) is 1.89. The Hall–Kier alpha value is -2.62. The van der Waals surface area contributed by atoms with Gasteiger partial charge in [-0.2, -0.15) is 0 Å². The molecule has 0 aromatic heterocycles. The molecule has 0 bridgehead atoms. The van der Waals surface area contributed by atoms with Crippen molar-refractivity contribution in [2.24, 2.45) is 0 Å². The van der Waals surface area contributed by atoms with Crippen molar-refractivity contribution >= 4 is 11.9 Å². The zero-order valence-electron chi connectivity index (χ0n) is 11.6. The fraction of sp³-hybridized carbons (Fsp3) is 0.176. The number of methoxy groups -OCH3 is 1. The number of hydrogen-bond donors (Lipinski definition) is 0. The molecule has 0 heterocycles. The van der Waals surface area contributed by atoms with Crippen molar-refractivity contribution < 1.29 is 19.1 Å². The van der Waals surface area contributed by atoms with E-state index in [0.29, 0.717) is 5.56 Å². The summed E-state index contributed by atoms with van der Waals surface area (Å²) in [5.41, 5.74) is 1.07. The van der Waals surface area contributed by atoms with E-state index < -0.39 is 17.9 Å². The van der Waals surface area contributed by atoms with Gasteiger partial charge in [0.1, 0.15) is 12.5 Å². The summed E-state index contributed by atoms with van der Waals surface area (Å²) in [4.78, 5) is 23.7. The van der Waals surface area contributed by atoms with Crippen LogP contribution in [0.5, 0.6) is 0 Å². The predicted molar refractivity (Wildman–Crippen MR) is 76.8 cm³/mol. The molecule has 107 valence electrons. The Labute approximate surface area is 123 Å². The molecule has 0 aliphatic rings. The highest BCUT2D eigenvalue weighted by Gasteiger charge is 2.23. The highest BCUT2D eigenvalue weighted by Crippen LogP contribution is 2.18. The first-order valence-corrected chi connectivity index (χ1v) is 6.49. The summed E-state index contributed by atoms with van der Waals surface area (Å²) < 4.78 is 9.96. The van der Waals surface area contributed by atoms with Crippen LogP contribution in [0.15, 0.2) is 54.6 Å². The van der Waals surface area contributed by atoms with Crippen LogP contribution in [0.25, 0.3) is 0 Å². The first kappa shape index (κ1) is 14.8. The SMILES string of the molecule is COC(=O)C(COC(=O)c1[c]cccc1)c1ccccc1. The van der Waals surface area contributed by atoms with Crippen LogP contribution in [0.1, 0.15) is 21.8 Å².